The van der Waals surface area contributed by atoms with Crippen LogP contribution in [-0.2, 0) is 0 Å². The molecule has 0 aromatic heterocycles. The molecule has 0 aliphatic heterocycles. The van der Waals surface area contributed by atoms with E-state index in [4.69, 9.17) is 0 Å². The van der Waals surface area contributed by atoms with Crippen LogP contribution >= 0.6 is 11.8 Å². The Morgan fingerprint density at radius 1 is 1.33 bits per heavy atom. The lowest BCUT2D eigenvalue weighted by atomic mass is 10.0. The van der Waals surface area contributed by atoms with Gasteiger partial charge in [0, 0.05) is 4.90 Å². The molecule has 0 amide bonds. The fourth-order valence-electron chi connectivity index (χ4n) is 1.10. The Morgan fingerprint density at radius 2 is 2.00 bits per heavy atom. The fourth-order valence-corrected chi connectivity index (χ4v) is 1.53. The van der Waals surface area contributed by atoms with Gasteiger partial charge in [0.25, 0.3) is 0 Å². The number of hydrogen-bond acceptors (Lipinski definition) is 1. The first-order chi connectivity index (χ1) is 5.65. The van der Waals surface area contributed by atoms with Crippen molar-refractivity contribution in [3.8, 4) is 0 Å². The minimum absolute atomic E-state index is 0.0862. The maximum absolute atomic E-state index is 13.3. The molecule has 0 nitrogen and oxygen atoms in total. The van der Waals surface area contributed by atoms with E-state index in [1.807, 2.05) is 32.2 Å². The average molecular weight is 184 g/mol. The Balaban J connectivity index is 3.03. The van der Waals surface area contributed by atoms with Crippen LogP contribution in [0, 0.1) is 5.82 Å². The Morgan fingerprint density at radius 3 is 2.42 bits per heavy atom. The number of thioether (sulfide) groups is 1. The van der Waals surface area contributed by atoms with E-state index in [0.29, 0.717) is 0 Å². The predicted molar refractivity (Wildman–Crippen MR) is 52.3 cm³/mol. The summed E-state index contributed by atoms with van der Waals surface area (Å²) in [6, 6.07) is 5.43. The maximum Gasteiger partial charge on any atom is 0.127 e. The molecule has 0 spiro atoms. The largest absolute Gasteiger partial charge is 0.207 e. The van der Waals surface area contributed by atoms with Crippen molar-refractivity contribution < 1.29 is 4.39 Å². The van der Waals surface area contributed by atoms with Crippen LogP contribution in [0.25, 0.3) is 0 Å². The first kappa shape index (κ1) is 9.59. The smallest absolute Gasteiger partial charge is 0.127 e. The lowest BCUT2D eigenvalue weighted by Crippen LogP contribution is -1.92. The summed E-state index contributed by atoms with van der Waals surface area (Å²) in [5, 5.41) is 0. The zero-order chi connectivity index (χ0) is 9.14. The number of rotatable bonds is 2. The molecular formula is C10H13FS. The van der Waals surface area contributed by atoms with Gasteiger partial charge in [-0.05, 0) is 29.9 Å². The van der Waals surface area contributed by atoms with E-state index >= 15 is 0 Å². The minimum atomic E-state index is -0.0862. The molecule has 12 heavy (non-hydrogen) atoms. The second kappa shape index (κ2) is 3.94. The highest BCUT2D eigenvalue weighted by Crippen LogP contribution is 2.23. The van der Waals surface area contributed by atoms with E-state index in [1.165, 1.54) is 0 Å². The van der Waals surface area contributed by atoms with Crippen molar-refractivity contribution in [2.75, 3.05) is 6.26 Å². The summed E-state index contributed by atoms with van der Waals surface area (Å²) >= 11 is 1.56. The van der Waals surface area contributed by atoms with Crippen molar-refractivity contribution >= 4 is 11.8 Å². The van der Waals surface area contributed by atoms with Gasteiger partial charge >= 0.3 is 0 Å². The standard InChI is InChI=1S/C10H13FS/c1-7(2)9-5-4-8(12-3)6-10(9)11/h4-7H,1-3H3. The van der Waals surface area contributed by atoms with Crippen LogP contribution < -0.4 is 0 Å². The van der Waals surface area contributed by atoms with Gasteiger partial charge in [0.15, 0.2) is 0 Å². The van der Waals surface area contributed by atoms with Crippen LogP contribution in [0.2, 0.25) is 0 Å². The SMILES string of the molecule is CSc1ccc(C(C)C)c(F)c1. The Hall–Kier alpha value is -0.500. The summed E-state index contributed by atoms with van der Waals surface area (Å²) in [4.78, 5) is 0.983. The van der Waals surface area contributed by atoms with Crippen LogP contribution in [-0.4, -0.2) is 6.26 Å². The van der Waals surface area contributed by atoms with E-state index in [-0.39, 0.29) is 11.7 Å². The second-order valence-electron chi connectivity index (χ2n) is 3.04. The molecule has 1 rings (SSSR count). The van der Waals surface area contributed by atoms with Gasteiger partial charge in [0.1, 0.15) is 5.82 Å². The number of halogens is 1. The first-order valence-corrected chi connectivity index (χ1v) is 5.21. The molecule has 0 aliphatic carbocycles. The lowest BCUT2D eigenvalue weighted by Gasteiger charge is -2.07. The van der Waals surface area contributed by atoms with E-state index in [1.54, 1.807) is 17.8 Å². The summed E-state index contributed by atoms with van der Waals surface area (Å²) < 4.78 is 13.3. The van der Waals surface area contributed by atoms with Crippen molar-refractivity contribution in [3.05, 3.63) is 29.6 Å². The fraction of sp³-hybridized carbons (Fsp3) is 0.400. The maximum atomic E-state index is 13.3. The second-order valence-corrected chi connectivity index (χ2v) is 3.92. The van der Waals surface area contributed by atoms with Gasteiger partial charge in [-0.1, -0.05) is 19.9 Å². The highest BCUT2D eigenvalue weighted by Gasteiger charge is 2.06. The quantitative estimate of drug-likeness (QED) is 0.632. The first-order valence-electron chi connectivity index (χ1n) is 3.98. The van der Waals surface area contributed by atoms with Gasteiger partial charge in [0.05, 0.1) is 0 Å². The highest BCUT2D eigenvalue weighted by atomic mass is 32.2. The Labute approximate surface area is 77.2 Å². The molecule has 1 aromatic carbocycles. The van der Waals surface area contributed by atoms with E-state index in [2.05, 4.69) is 0 Å². The molecule has 0 aliphatic rings. The van der Waals surface area contributed by atoms with Crippen LogP contribution in [0.1, 0.15) is 25.3 Å². The third kappa shape index (κ3) is 2.01. The highest BCUT2D eigenvalue weighted by molar-refractivity contribution is 7.98. The summed E-state index contributed by atoms with van der Waals surface area (Å²) in [7, 11) is 0. The van der Waals surface area contributed by atoms with Crippen molar-refractivity contribution in [1.29, 1.82) is 0 Å². The Kier molecular flexibility index (Phi) is 3.15. The Bertz CT molecular complexity index is 269. The van der Waals surface area contributed by atoms with Crippen LogP contribution in [0.3, 0.4) is 0 Å². The summed E-state index contributed by atoms with van der Waals surface area (Å²) in [6.07, 6.45) is 1.95. The predicted octanol–water partition coefficient (Wildman–Crippen LogP) is 3.67. The van der Waals surface area contributed by atoms with E-state index < -0.39 is 0 Å². The molecule has 0 radical (unpaired) electrons. The summed E-state index contributed by atoms with van der Waals surface area (Å²) in [5.41, 5.74) is 0.799. The van der Waals surface area contributed by atoms with Crippen molar-refractivity contribution in [3.63, 3.8) is 0 Å². The topological polar surface area (TPSA) is 0 Å². The van der Waals surface area contributed by atoms with Gasteiger partial charge in [-0.2, -0.15) is 0 Å². The van der Waals surface area contributed by atoms with Gasteiger partial charge in [-0.25, -0.2) is 4.39 Å². The van der Waals surface area contributed by atoms with Crippen LogP contribution in [0.15, 0.2) is 23.1 Å². The van der Waals surface area contributed by atoms with Gasteiger partial charge in [0.2, 0.25) is 0 Å². The molecule has 0 bridgehead atoms. The minimum Gasteiger partial charge on any atom is -0.207 e. The zero-order valence-electron chi connectivity index (χ0n) is 7.60. The van der Waals surface area contributed by atoms with Crippen molar-refractivity contribution in [2.45, 2.75) is 24.7 Å². The number of benzene rings is 1. The monoisotopic (exact) mass is 184 g/mol. The lowest BCUT2D eigenvalue weighted by molar-refractivity contribution is 0.595. The molecule has 0 unspecified atom stereocenters. The third-order valence-corrected chi connectivity index (χ3v) is 2.55. The molecule has 0 atom stereocenters. The van der Waals surface area contributed by atoms with E-state index in [0.717, 1.165) is 10.5 Å². The van der Waals surface area contributed by atoms with Crippen molar-refractivity contribution in [1.82, 2.24) is 0 Å². The molecule has 0 N–H and O–H groups in total. The molecule has 0 saturated carbocycles. The van der Waals surface area contributed by atoms with Crippen LogP contribution in [0.4, 0.5) is 4.39 Å². The molecule has 0 fully saturated rings. The zero-order valence-corrected chi connectivity index (χ0v) is 8.41. The molecular weight excluding hydrogens is 171 g/mol. The normalized spacial score (nSPS) is 10.8. The molecule has 2 heteroatoms. The summed E-state index contributed by atoms with van der Waals surface area (Å²) in [6.45, 7) is 3.99. The van der Waals surface area contributed by atoms with Gasteiger partial charge in [-0.3, -0.25) is 0 Å². The van der Waals surface area contributed by atoms with Gasteiger partial charge < -0.3 is 0 Å². The third-order valence-electron chi connectivity index (χ3n) is 1.83. The van der Waals surface area contributed by atoms with Crippen molar-refractivity contribution in [2.24, 2.45) is 0 Å². The van der Waals surface area contributed by atoms with E-state index in [9.17, 15) is 4.39 Å². The van der Waals surface area contributed by atoms with Gasteiger partial charge in [-0.15, -0.1) is 11.8 Å². The molecule has 66 valence electrons. The molecule has 0 saturated heterocycles. The average Bonchev–Trinajstić information content (AvgIpc) is 2.03. The molecule has 1 aromatic rings. The van der Waals surface area contributed by atoms with Crippen LogP contribution in [0.5, 0.6) is 0 Å². The molecule has 0 heterocycles. The number of hydrogen-bond donors (Lipinski definition) is 0. The summed E-state index contributed by atoms with van der Waals surface area (Å²) in [5.74, 6) is 0.178.